The minimum Gasteiger partial charge on any atom is -0.494 e. The quantitative estimate of drug-likeness (QED) is 0.417. The number of aryl methyl sites for hydroxylation is 1. The Labute approximate surface area is 206 Å². The first-order chi connectivity index (χ1) is 17.1. The number of thiazole rings is 1. The van der Waals surface area contributed by atoms with Crippen molar-refractivity contribution in [3.05, 3.63) is 126 Å². The van der Waals surface area contributed by atoms with E-state index in [1.54, 1.807) is 16.7 Å². The lowest BCUT2D eigenvalue weighted by Crippen LogP contribution is -2.38. The average molecular weight is 483 g/mol. The van der Waals surface area contributed by atoms with Crippen molar-refractivity contribution >= 4 is 23.1 Å². The Kier molecular flexibility index (Phi) is 5.46. The van der Waals surface area contributed by atoms with E-state index in [1.165, 1.54) is 29.0 Å². The number of nitrogens with zero attached hydrogens (tertiary/aromatic N) is 2. The number of ether oxygens (including phenoxy) is 1. The summed E-state index contributed by atoms with van der Waals surface area (Å²) in [7, 11) is 0. The molecule has 4 aromatic rings. The van der Waals surface area contributed by atoms with Gasteiger partial charge in [0.15, 0.2) is 4.80 Å². The fourth-order valence-electron chi connectivity index (χ4n) is 4.95. The second-order valence-electron chi connectivity index (χ2n) is 8.67. The van der Waals surface area contributed by atoms with Crippen LogP contribution in [0.3, 0.4) is 0 Å². The van der Waals surface area contributed by atoms with E-state index in [0.717, 1.165) is 46.6 Å². The molecule has 0 unspecified atom stereocenters. The molecule has 0 saturated heterocycles. The van der Waals surface area contributed by atoms with Gasteiger partial charge in [-0.05, 0) is 72.4 Å². The Bertz CT molecular complexity index is 1630. The smallest absolute Gasteiger partial charge is 0.271 e. The van der Waals surface area contributed by atoms with E-state index in [1.807, 2.05) is 43.3 Å². The van der Waals surface area contributed by atoms with Gasteiger partial charge in [0.05, 0.1) is 22.9 Å². The lowest BCUT2D eigenvalue weighted by molar-refractivity contribution is 0.340. The summed E-state index contributed by atoms with van der Waals surface area (Å²) in [4.78, 5) is 19.4. The SMILES string of the molecule is CCOc1ccc(/C=c2/sc3n(c2=O)[C@H](c2ccc(F)cc2)C2=C(N=3)c3ccccc3CC2)cc1. The first kappa shape index (κ1) is 21.7. The first-order valence-electron chi connectivity index (χ1n) is 11.7. The van der Waals surface area contributed by atoms with Gasteiger partial charge in [-0.15, -0.1) is 0 Å². The molecule has 1 aliphatic heterocycles. The molecule has 0 radical (unpaired) electrons. The van der Waals surface area contributed by atoms with Crippen molar-refractivity contribution in [1.29, 1.82) is 0 Å². The Balaban J connectivity index is 1.55. The van der Waals surface area contributed by atoms with Gasteiger partial charge in [0.1, 0.15) is 11.6 Å². The second kappa shape index (κ2) is 8.78. The van der Waals surface area contributed by atoms with Crippen molar-refractivity contribution in [3.8, 4) is 5.75 Å². The third-order valence-corrected chi connectivity index (χ3v) is 7.53. The summed E-state index contributed by atoms with van der Waals surface area (Å²) >= 11 is 1.39. The molecule has 1 aliphatic carbocycles. The maximum Gasteiger partial charge on any atom is 0.271 e. The molecule has 0 saturated carbocycles. The number of allylic oxidation sites excluding steroid dienone is 1. The highest BCUT2D eigenvalue weighted by Crippen LogP contribution is 2.41. The number of fused-ring (bicyclic) bond motifs is 3. The predicted molar refractivity (Wildman–Crippen MR) is 137 cm³/mol. The molecule has 3 aromatic carbocycles. The summed E-state index contributed by atoms with van der Waals surface area (Å²) in [6.45, 7) is 2.55. The maximum atomic E-state index is 13.8. The van der Waals surface area contributed by atoms with Crippen LogP contribution in [-0.2, 0) is 6.42 Å². The Hall–Kier alpha value is -3.77. The molecule has 0 bridgehead atoms. The fraction of sp³-hybridized carbons (Fsp3) is 0.172. The first-order valence-corrected chi connectivity index (χ1v) is 12.6. The molecule has 4 nitrogen and oxygen atoms in total. The van der Waals surface area contributed by atoms with Crippen LogP contribution in [0.5, 0.6) is 5.75 Å². The zero-order chi connectivity index (χ0) is 23.9. The predicted octanol–water partition coefficient (Wildman–Crippen LogP) is 4.86. The van der Waals surface area contributed by atoms with Crippen molar-refractivity contribution in [2.24, 2.45) is 4.99 Å². The minimum atomic E-state index is -0.308. The van der Waals surface area contributed by atoms with Gasteiger partial charge in [0, 0.05) is 5.56 Å². The van der Waals surface area contributed by atoms with Gasteiger partial charge in [0.25, 0.3) is 5.56 Å². The van der Waals surface area contributed by atoms with Gasteiger partial charge < -0.3 is 4.74 Å². The number of aromatic nitrogens is 1. The summed E-state index contributed by atoms with van der Waals surface area (Å²) in [5, 5.41) is 0. The van der Waals surface area contributed by atoms with E-state index < -0.39 is 0 Å². The molecular formula is C29H23FN2O2S. The lowest BCUT2D eigenvalue weighted by atomic mass is 9.83. The van der Waals surface area contributed by atoms with E-state index >= 15 is 0 Å². The lowest BCUT2D eigenvalue weighted by Gasteiger charge is -2.30. The number of hydrogen-bond donors (Lipinski definition) is 0. The molecule has 0 spiro atoms. The number of benzene rings is 3. The van der Waals surface area contributed by atoms with Gasteiger partial charge in [-0.25, -0.2) is 9.38 Å². The summed E-state index contributed by atoms with van der Waals surface area (Å²) in [6.07, 6.45) is 3.59. The van der Waals surface area contributed by atoms with Crippen LogP contribution in [0.25, 0.3) is 11.8 Å². The molecule has 2 heterocycles. The summed E-state index contributed by atoms with van der Waals surface area (Å²) in [5.74, 6) is 0.508. The maximum absolute atomic E-state index is 13.8. The highest BCUT2D eigenvalue weighted by atomic mass is 32.1. The molecule has 174 valence electrons. The van der Waals surface area contributed by atoms with Gasteiger partial charge in [-0.3, -0.25) is 9.36 Å². The van der Waals surface area contributed by atoms with E-state index in [9.17, 15) is 9.18 Å². The third-order valence-electron chi connectivity index (χ3n) is 6.55. The molecule has 6 rings (SSSR count). The summed E-state index contributed by atoms with van der Waals surface area (Å²) < 4.78 is 21.7. The van der Waals surface area contributed by atoms with Gasteiger partial charge in [0.2, 0.25) is 0 Å². The normalized spacial score (nSPS) is 16.9. The topological polar surface area (TPSA) is 43.6 Å². The third kappa shape index (κ3) is 3.84. The fourth-order valence-corrected chi connectivity index (χ4v) is 5.95. The summed E-state index contributed by atoms with van der Waals surface area (Å²) in [5.41, 5.74) is 6.16. The van der Waals surface area contributed by atoms with E-state index in [-0.39, 0.29) is 17.4 Å². The molecule has 35 heavy (non-hydrogen) atoms. The van der Waals surface area contributed by atoms with Crippen molar-refractivity contribution in [2.45, 2.75) is 25.8 Å². The van der Waals surface area contributed by atoms with E-state index in [0.29, 0.717) is 15.9 Å². The number of rotatable bonds is 4. The van der Waals surface area contributed by atoms with Crippen LogP contribution in [0.15, 0.2) is 88.2 Å². The number of hydrogen-bond acceptors (Lipinski definition) is 4. The van der Waals surface area contributed by atoms with Crippen molar-refractivity contribution in [3.63, 3.8) is 0 Å². The molecular weight excluding hydrogens is 459 g/mol. The number of halogens is 1. The van der Waals surface area contributed by atoms with E-state index in [4.69, 9.17) is 9.73 Å². The molecule has 6 heteroatoms. The monoisotopic (exact) mass is 482 g/mol. The zero-order valence-corrected chi connectivity index (χ0v) is 20.0. The van der Waals surface area contributed by atoms with Crippen molar-refractivity contribution in [2.75, 3.05) is 6.61 Å². The van der Waals surface area contributed by atoms with Crippen LogP contribution in [0.1, 0.15) is 41.6 Å². The highest BCUT2D eigenvalue weighted by molar-refractivity contribution is 7.07. The molecule has 0 N–H and O–H groups in total. The molecule has 0 amide bonds. The van der Waals surface area contributed by atoms with Crippen LogP contribution in [0.4, 0.5) is 4.39 Å². The van der Waals surface area contributed by atoms with E-state index in [2.05, 4.69) is 18.2 Å². The Morgan fingerprint density at radius 1 is 1.06 bits per heavy atom. The van der Waals surface area contributed by atoms with Crippen LogP contribution in [-0.4, -0.2) is 11.2 Å². The molecule has 0 fully saturated rings. The molecule has 2 aliphatic rings. The largest absolute Gasteiger partial charge is 0.494 e. The minimum absolute atomic E-state index is 0.0811. The van der Waals surface area contributed by atoms with Gasteiger partial charge in [-0.2, -0.15) is 0 Å². The Morgan fingerprint density at radius 3 is 2.60 bits per heavy atom. The van der Waals surface area contributed by atoms with Crippen LogP contribution >= 0.6 is 11.3 Å². The molecule has 1 atom stereocenters. The van der Waals surface area contributed by atoms with Crippen molar-refractivity contribution in [1.82, 2.24) is 4.57 Å². The standard InChI is InChI=1S/C29H23FN2O2S/c1-2-34-22-14-7-18(8-15-22)17-25-28(33)32-27(20-9-12-21(30)13-10-20)24-16-11-19-5-3-4-6-23(19)26(24)31-29(32)35-25/h3-10,12-15,17,27H,2,11,16H2,1H3/b25-17+/t27-/m1/s1. The van der Waals surface area contributed by atoms with Crippen LogP contribution < -0.4 is 19.6 Å². The van der Waals surface area contributed by atoms with Crippen LogP contribution in [0.2, 0.25) is 0 Å². The second-order valence-corrected chi connectivity index (χ2v) is 9.68. The zero-order valence-electron chi connectivity index (χ0n) is 19.2. The van der Waals surface area contributed by atoms with Crippen LogP contribution in [0, 0.1) is 5.82 Å². The molecule has 1 aromatic heterocycles. The average Bonchev–Trinajstić information content (AvgIpc) is 3.19. The van der Waals surface area contributed by atoms with Gasteiger partial charge in [-0.1, -0.05) is 59.9 Å². The highest BCUT2D eigenvalue weighted by Gasteiger charge is 2.32. The Morgan fingerprint density at radius 2 is 1.83 bits per heavy atom. The van der Waals surface area contributed by atoms with Gasteiger partial charge >= 0.3 is 0 Å². The van der Waals surface area contributed by atoms with Crippen molar-refractivity contribution < 1.29 is 9.13 Å². The summed E-state index contributed by atoms with van der Waals surface area (Å²) in [6, 6.07) is 22.2.